The predicted octanol–water partition coefficient (Wildman–Crippen LogP) is 1.99. The molecule has 0 aliphatic heterocycles. The van der Waals surface area contributed by atoms with Gasteiger partial charge in [0.25, 0.3) is 0 Å². The van der Waals surface area contributed by atoms with Crippen LogP contribution in [-0.4, -0.2) is 37.7 Å². The Bertz CT molecular complexity index is 107. The second-order valence-electron chi connectivity index (χ2n) is 4.29. The van der Waals surface area contributed by atoms with E-state index < -0.39 is 0 Å². The summed E-state index contributed by atoms with van der Waals surface area (Å²) in [6.45, 7) is 9.33. The van der Waals surface area contributed by atoms with E-state index in [1.165, 1.54) is 49.8 Å². The van der Waals surface area contributed by atoms with Crippen LogP contribution < -0.4 is 5.73 Å². The number of unbranched alkanes of at least 4 members (excludes halogenated alkanes) is 1. The largest absolute Gasteiger partial charge is 0.330 e. The quantitative estimate of drug-likeness (QED) is 0.456. The van der Waals surface area contributed by atoms with Gasteiger partial charge in [-0.3, -0.25) is 0 Å². The van der Waals surface area contributed by atoms with Crippen LogP contribution in [-0.2, 0) is 0 Å². The van der Waals surface area contributed by atoms with Crippen molar-refractivity contribution in [3.8, 4) is 0 Å². The van der Waals surface area contributed by atoms with Crippen molar-refractivity contribution in [3.05, 3.63) is 0 Å². The normalized spacial score (nSPS) is 12.0. The smallest absolute Gasteiger partial charge is 0.0785 e. The van der Waals surface area contributed by atoms with Crippen LogP contribution in [0.15, 0.2) is 0 Å². The van der Waals surface area contributed by atoms with E-state index in [4.69, 9.17) is 5.73 Å². The van der Waals surface area contributed by atoms with Crippen molar-refractivity contribution < 1.29 is 4.48 Å². The number of rotatable bonds is 8. The highest BCUT2D eigenvalue weighted by Crippen LogP contribution is 2.08. The zero-order valence-electron chi connectivity index (χ0n) is 9.68. The van der Waals surface area contributed by atoms with Crippen molar-refractivity contribution in [1.82, 2.24) is 0 Å². The summed E-state index contributed by atoms with van der Waals surface area (Å²) in [6.07, 6.45) is 5.05. The fourth-order valence-electron chi connectivity index (χ4n) is 2.05. The molecule has 0 rings (SSSR count). The van der Waals surface area contributed by atoms with Crippen molar-refractivity contribution in [2.75, 3.05) is 33.2 Å². The monoisotopic (exact) mass is 187 g/mol. The molecule has 0 aliphatic rings. The van der Waals surface area contributed by atoms with Gasteiger partial charge in [-0.05, 0) is 32.2 Å². The third-order valence-electron chi connectivity index (χ3n) is 2.68. The van der Waals surface area contributed by atoms with E-state index in [-0.39, 0.29) is 0 Å². The highest BCUT2D eigenvalue weighted by atomic mass is 15.3. The highest BCUT2D eigenvalue weighted by molar-refractivity contribution is 4.43. The second-order valence-corrected chi connectivity index (χ2v) is 4.29. The van der Waals surface area contributed by atoms with E-state index in [0.717, 1.165) is 6.54 Å². The van der Waals surface area contributed by atoms with Crippen LogP contribution in [0.1, 0.15) is 39.5 Å². The van der Waals surface area contributed by atoms with E-state index in [9.17, 15) is 0 Å². The number of hydrogen-bond acceptors (Lipinski definition) is 1. The first-order chi connectivity index (χ1) is 6.18. The van der Waals surface area contributed by atoms with Crippen LogP contribution in [0.5, 0.6) is 0 Å². The molecule has 0 saturated heterocycles. The topological polar surface area (TPSA) is 26.0 Å². The summed E-state index contributed by atoms with van der Waals surface area (Å²) < 4.78 is 1.24. The molecule has 13 heavy (non-hydrogen) atoms. The predicted molar refractivity (Wildman–Crippen MR) is 59.7 cm³/mol. The zero-order valence-corrected chi connectivity index (χ0v) is 9.68. The number of nitrogens with two attached hydrogens (primary N) is 1. The van der Waals surface area contributed by atoms with Gasteiger partial charge in [0.15, 0.2) is 0 Å². The molecule has 0 aromatic heterocycles. The van der Waals surface area contributed by atoms with Crippen molar-refractivity contribution in [3.63, 3.8) is 0 Å². The van der Waals surface area contributed by atoms with Crippen LogP contribution in [0.3, 0.4) is 0 Å². The summed E-state index contributed by atoms with van der Waals surface area (Å²) in [7, 11) is 2.38. The molecule has 2 heteroatoms. The van der Waals surface area contributed by atoms with Crippen molar-refractivity contribution in [2.24, 2.45) is 5.73 Å². The maximum Gasteiger partial charge on any atom is 0.0785 e. The summed E-state index contributed by atoms with van der Waals surface area (Å²) in [5, 5.41) is 0. The highest BCUT2D eigenvalue weighted by Gasteiger charge is 2.17. The first-order valence-corrected chi connectivity index (χ1v) is 5.72. The van der Waals surface area contributed by atoms with Crippen LogP contribution in [0.25, 0.3) is 0 Å². The summed E-state index contributed by atoms with van der Waals surface area (Å²) >= 11 is 0. The van der Waals surface area contributed by atoms with Crippen molar-refractivity contribution >= 4 is 0 Å². The Balaban J connectivity index is 3.76. The molecule has 0 aromatic carbocycles. The molecule has 0 amide bonds. The molecule has 0 spiro atoms. The van der Waals surface area contributed by atoms with E-state index in [0.29, 0.717) is 0 Å². The van der Waals surface area contributed by atoms with E-state index >= 15 is 0 Å². The minimum Gasteiger partial charge on any atom is -0.330 e. The molecule has 0 heterocycles. The lowest BCUT2D eigenvalue weighted by molar-refractivity contribution is -0.909. The molecule has 80 valence electrons. The maximum atomic E-state index is 5.50. The SMILES string of the molecule is CCC[N+](C)(CCC)CCCCN. The van der Waals surface area contributed by atoms with Gasteiger partial charge in [0.2, 0.25) is 0 Å². The number of hydrogen-bond donors (Lipinski definition) is 1. The summed E-state index contributed by atoms with van der Waals surface area (Å²) in [5.74, 6) is 0. The molecule has 0 radical (unpaired) electrons. The van der Waals surface area contributed by atoms with Gasteiger partial charge in [-0.1, -0.05) is 13.8 Å². The van der Waals surface area contributed by atoms with Crippen molar-refractivity contribution in [1.29, 1.82) is 0 Å². The molecule has 0 aromatic rings. The lowest BCUT2D eigenvalue weighted by atomic mass is 10.2. The first kappa shape index (κ1) is 12.9. The Kier molecular flexibility index (Phi) is 7.29. The number of nitrogens with zero attached hydrogens (tertiary/aromatic N) is 1. The maximum absolute atomic E-state index is 5.50. The van der Waals surface area contributed by atoms with E-state index in [1.54, 1.807) is 0 Å². The summed E-state index contributed by atoms with van der Waals surface area (Å²) in [4.78, 5) is 0. The molecule has 2 N–H and O–H groups in total. The molecule has 0 aliphatic carbocycles. The van der Waals surface area contributed by atoms with Gasteiger partial charge in [-0.2, -0.15) is 0 Å². The van der Waals surface area contributed by atoms with Crippen molar-refractivity contribution in [2.45, 2.75) is 39.5 Å². The first-order valence-electron chi connectivity index (χ1n) is 5.72. The molecular weight excluding hydrogens is 160 g/mol. The lowest BCUT2D eigenvalue weighted by Gasteiger charge is -2.34. The zero-order chi connectivity index (χ0) is 10.2. The van der Waals surface area contributed by atoms with Gasteiger partial charge in [0.1, 0.15) is 0 Å². The Morgan fingerprint density at radius 2 is 1.46 bits per heavy atom. The van der Waals surface area contributed by atoms with Gasteiger partial charge >= 0.3 is 0 Å². The third kappa shape index (κ3) is 6.05. The van der Waals surface area contributed by atoms with Gasteiger partial charge < -0.3 is 10.2 Å². The molecular formula is C11H27N2+. The Hall–Kier alpha value is -0.0800. The average molecular weight is 187 g/mol. The van der Waals surface area contributed by atoms with Crippen LogP contribution >= 0.6 is 0 Å². The van der Waals surface area contributed by atoms with Gasteiger partial charge in [0.05, 0.1) is 26.7 Å². The molecule has 0 fully saturated rings. The fourth-order valence-corrected chi connectivity index (χ4v) is 2.05. The molecule has 0 atom stereocenters. The minimum atomic E-state index is 0.845. The lowest BCUT2D eigenvalue weighted by Crippen LogP contribution is -2.46. The molecule has 0 saturated carbocycles. The Morgan fingerprint density at radius 3 is 1.85 bits per heavy atom. The Labute approximate surface area is 83.7 Å². The average Bonchev–Trinajstić information content (AvgIpc) is 2.05. The Morgan fingerprint density at radius 1 is 0.923 bits per heavy atom. The minimum absolute atomic E-state index is 0.845. The molecule has 0 unspecified atom stereocenters. The second kappa shape index (κ2) is 7.34. The van der Waals surface area contributed by atoms with Crippen LogP contribution in [0.2, 0.25) is 0 Å². The number of quaternary nitrogens is 1. The fraction of sp³-hybridized carbons (Fsp3) is 1.00. The van der Waals surface area contributed by atoms with Crippen LogP contribution in [0.4, 0.5) is 0 Å². The van der Waals surface area contributed by atoms with E-state index in [2.05, 4.69) is 20.9 Å². The molecule has 2 nitrogen and oxygen atoms in total. The van der Waals surface area contributed by atoms with Gasteiger partial charge in [-0.15, -0.1) is 0 Å². The third-order valence-corrected chi connectivity index (χ3v) is 2.68. The van der Waals surface area contributed by atoms with E-state index in [1.807, 2.05) is 0 Å². The van der Waals surface area contributed by atoms with Crippen LogP contribution in [0, 0.1) is 0 Å². The summed E-state index contributed by atoms with van der Waals surface area (Å²) in [5.41, 5.74) is 5.50. The molecule has 0 bridgehead atoms. The van der Waals surface area contributed by atoms with Gasteiger partial charge in [-0.25, -0.2) is 0 Å². The standard InChI is InChI=1S/C11H27N2/c1-4-9-13(3,10-5-2)11-7-6-8-12/h4-12H2,1-3H3/q+1. The van der Waals surface area contributed by atoms with Gasteiger partial charge in [0, 0.05) is 0 Å². The summed E-state index contributed by atoms with van der Waals surface area (Å²) in [6, 6.07) is 0.